The van der Waals surface area contributed by atoms with E-state index in [1.54, 1.807) is 20.8 Å². The number of hydrogen-bond acceptors (Lipinski definition) is 9. The molecule has 0 aliphatic carbocycles. The van der Waals surface area contributed by atoms with Crippen molar-refractivity contribution in [3.8, 4) is 0 Å². The number of rotatable bonds is 13. The summed E-state index contributed by atoms with van der Waals surface area (Å²) in [5, 5.41) is 52.6. The number of methoxy groups -OCH3 is 1. The molecular weight excluding hydrogens is 462 g/mol. The predicted molar refractivity (Wildman–Crippen MR) is 127 cm³/mol. The topological polar surface area (TPSA) is 189 Å². The average Bonchev–Trinajstić information content (AvgIpc) is 2.80. The van der Waals surface area contributed by atoms with Gasteiger partial charge in [-0.3, -0.25) is 14.4 Å². The number of anilines is 1. The summed E-state index contributed by atoms with van der Waals surface area (Å²) < 4.78 is 4.95. The van der Waals surface area contributed by atoms with Crippen LogP contribution >= 0.6 is 0 Å². The first kappa shape index (κ1) is 30.4. The van der Waals surface area contributed by atoms with E-state index in [2.05, 4.69) is 10.6 Å². The van der Waals surface area contributed by atoms with Crippen molar-refractivity contribution in [2.24, 2.45) is 0 Å². The molecule has 0 aromatic heterocycles. The van der Waals surface area contributed by atoms with Crippen LogP contribution < -0.4 is 15.5 Å². The van der Waals surface area contributed by atoms with Crippen molar-refractivity contribution in [3.05, 3.63) is 27.8 Å². The van der Waals surface area contributed by atoms with Crippen LogP contribution in [0, 0.1) is 20.8 Å². The zero-order valence-electron chi connectivity index (χ0n) is 20.8. The molecule has 0 saturated carbocycles. The normalized spacial score (nSPS) is 13.7. The molecule has 3 amide bonds. The van der Waals surface area contributed by atoms with Gasteiger partial charge in [0.1, 0.15) is 0 Å². The Morgan fingerprint density at radius 3 is 1.60 bits per heavy atom. The Labute approximate surface area is 204 Å². The first-order valence-corrected chi connectivity index (χ1v) is 11.1. The zero-order valence-corrected chi connectivity index (χ0v) is 20.8. The molecule has 0 fully saturated rings. The minimum atomic E-state index is -1.19. The third kappa shape index (κ3) is 7.95. The Morgan fingerprint density at radius 1 is 0.829 bits per heavy atom. The molecule has 0 heterocycles. The lowest BCUT2D eigenvalue weighted by Crippen LogP contribution is -2.41. The monoisotopic (exact) mass is 499 g/mol. The third-order valence-corrected chi connectivity index (χ3v) is 5.48. The SMILES string of the molecule is COCC(O)CN(C(C)=O)c1c(C)c(C(=O)NCC(O)CO)c(C)c(C(=O)NCC(O)CO)c1C. The average molecular weight is 500 g/mol. The summed E-state index contributed by atoms with van der Waals surface area (Å²) in [4.78, 5) is 40.0. The fourth-order valence-electron chi connectivity index (χ4n) is 3.85. The molecular formula is C23H37N3O9. The van der Waals surface area contributed by atoms with Gasteiger partial charge in [0.2, 0.25) is 5.91 Å². The quantitative estimate of drug-likeness (QED) is 0.163. The lowest BCUT2D eigenvalue weighted by atomic mass is 9.89. The maximum atomic E-state index is 13.1. The van der Waals surface area contributed by atoms with Crippen LogP contribution in [0.15, 0.2) is 0 Å². The number of benzene rings is 1. The van der Waals surface area contributed by atoms with Crippen LogP contribution in [-0.4, -0.2) is 108 Å². The van der Waals surface area contributed by atoms with Crippen LogP contribution in [0.1, 0.15) is 44.3 Å². The Bertz CT molecular complexity index is 854. The van der Waals surface area contributed by atoms with E-state index in [0.717, 1.165) is 0 Å². The lowest BCUT2D eigenvalue weighted by Gasteiger charge is -2.30. The molecule has 0 radical (unpaired) electrons. The number of aliphatic hydroxyl groups excluding tert-OH is 5. The van der Waals surface area contributed by atoms with Gasteiger partial charge in [0.15, 0.2) is 0 Å². The molecule has 0 bridgehead atoms. The number of nitrogens with one attached hydrogen (secondary N) is 2. The molecule has 1 rings (SSSR count). The summed E-state index contributed by atoms with van der Waals surface area (Å²) in [5.74, 6) is -1.72. The number of ether oxygens (including phenoxy) is 1. The molecule has 1 aromatic carbocycles. The van der Waals surface area contributed by atoms with E-state index in [0.29, 0.717) is 11.1 Å². The fraction of sp³-hybridized carbons (Fsp3) is 0.609. The highest BCUT2D eigenvalue weighted by Gasteiger charge is 2.30. The van der Waals surface area contributed by atoms with Gasteiger partial charge in [-0.2, -0.15) is 0 Å². The van der Waals surface area contributed by atoms with E-state index < -0.39 is 49.2 Å². The lowest BCUT2D eigenvalue weighted by molar-refractivity contribution is -0.117. The summed E-state index contributed by atoms with van der Waals surface area (Å²) in [5.41, 5.74) is 1.42. The van der Waals surface area contributed by atoms with Gasteiger partial charge in [-0.05, 0) is 37.5 Å². The van der Waals surface area contributed by atoms with Gasteiger partial charge >= 0.3 is 0 Å². The molecule has 0 aliphatic rings. The number of aliphatic hydroxyl groups is 5. The van der Waals surface area contributed by atoms with E-state index in [-0.39, 0.29) is 48.6 Å². The van der Waals surface area contributed by atoms with Crippen LogP contribution in [0.3, 0.4) is 0 Å². The van der Waals surface area contributed by atoms with Gasteiger partial charge in [-0.1, -0.05) is 0 Å². The Balaban J connectivity index is 3.72. The highest BCUT2D eigenvalue weighted by Crippen LogP contribution is 2.34. The van der Waals surface area contributed by atoms with Crippen LogP contribution in [0.4, 0.5) is 5.69 Å². The van der Waals surface area contributed by atoms with Crippen LogP contribution in [0.2, 0.25) is 0 Å². The molecule has 12 heteroatoms. The molecule has 0 spiro atoms. The van der Waals surface area contributed by atoms with Crippen molar-refractivity contribution in [2.45, 2.75) is 46.0 Å². The standard InChI is InChI=1S/C23H37N3O9/c1-12-19(22(33)24-6-16(30)9-27)13(2)21(26(15(4)29)8-18(32)11-35-5)14(3)20(12)23(34)25-7-17(31)10-28/h16-18,27-28,30-32H,6-11H2,1-5H3,(H,24,33)(H,25,34). The van der Waals surface area contributed by atoms with Gasteiger partial charge in [0.25, 0.3) is 11.8 Å². The second-order valence-corrected chi connectivity index (χ2v) is 8.31. The Morgan fingerprint density at radius 2 is 1.26 bits per heavy atom. The minimum Gasteiger partial charge on any atom is -0.394 e. The molecule has 3 unspecified atom stereocenters. The largest absolute Gasteiger partial charge is 0.394 e. The Kier molecular flexibility index (Phi) is 12.2. The molecule has 12 nitrogen and oxygen atoms in total. The minimum absolute atomic E-state index is 0.0491. The summed E-state index contributed by atoms with van der Waals surface area (Å²) in [6.07, 6.45) is -3.42. The van der Waals surface area contributed by atoms with Gasteiger partial charge in [0, 0.05) is 38.2 Å². The van der Waals surface area contributed by atoms with Crippen LogP contribution in [-0.2, 0) is 9.53 Å². The third-order valence-electron chi connectivity index (χ3n) is 5.48. The number of carbonyl (C=O) groups is 3. The number of nitrogens with zero attached hydrogens (tertiary/aromatic N) is 1. The summed E-state index contributed by atoms with van der Waals surface area (Å²) in [6.45, 7) is 4.21. The molecule has 1 aromatic rings. The van der Waals surface area contributed by atoms with Gasteiger partial charge in [-0.25, -0.2) is 0 Å². The molecule has 0 saturated heterocycles. The van der Waals surface area contributed by atoms with Gasteiger partial charge < -0.3 is 45.8 Å². The zero-order chi connectivity index (χ0) is 26.9. The molecule has 7 N–H and O–H groups in total. The molecule has 35 heavy (non-hydrogen) atoms. The van der Waals surface area contributed by atoms with E-state index in [9.17, 15) is 29.7 Å². The molecule has 0 aliphatic heterocycles. The van der Waals surface area contributed by atoms with E-state index in [4.69, 9.17) is 14.9 Å². The summed E-state index contributed by atoms with van der Waals surface area (Å²) in [7, 11) is 1.40. The van der Waals surface area contributed by atoms with Crippen molar-refractivity contribution in [1.29, 1.82) is 0 Å². The van der Waals surface area contributed by atoms with Crippen molar-refractivity contribution < 1.29 is 44.7 Å². The fourth-order valence-corrected chi connectivity index (χ4v) is 3.85. The van der Waals surface area contributed by atoms with Crippen LogP contribution in [0.5, 0.6) is 0 Å². The van der Waals surface area contributed by atoms with Gasteiger partial charge in [0.05, 0.1) is 50.4 Å². The number of carbonyl (C=O) groups excluding carboxylic acids is 3. The van der Waals surface area contributed by atoms with Gasteiger partial charge in [-0.15, -0.1) is 0 Å². The maximum absolute atomic E-state index is 13.1. The highest BCUT2D eigenvalue weighted by molar-refractivity contribution is 6.08. The second kappa shape index (κ2) is 14.1. The number of hydrogen-bond donors (Lipinski definition) is 7. The Hall–Kier alpha value is -2.61. The molecule has 3 atom stereocenters. The maximum Gasteiger partial charge on any atom is 0.252 e. The first-order chi connectivity index (χ1) is 16.4. The van der Waals surface area contributed by atoms with E-state index >= 15 is 0 Å². The van der Waals surface area contributed by atoms with E-state index in [1.807, 2.05) is 0 Å². The van der Waals surface area contributed by atoms with E-state index in [1.165, 1.54) is 18.9 Å². The van der Waals surface area contributed by atoms with Crippen molar-refractivity contribution in [1.82, 2.24) is 10.6 Å². The smallest absolute Gasteiger partial charge is 0.252 e. The summed E-state index contributed by atoms with van der Waals surface area (Å²) in [6, 6.07) is 0. The van der Waals surface area contributed by atoms with Crippen molar-refractivity contribution >= 4 is 23.4 Å². The number of amides is 3. The molecule has 198 valence electrons. The van der Waals surface area contributed by atoms with Crippen LogP contribution in [0.25, 0.3) is 0 Å². The van der Waals surface area contributed by atoms with Crippen molar-refractivity contribution in [2.75, 3.05) is 51.5 Å². The first-order valence-electron chi connectivity index (χ1n) is 11.1. The predicted octanol–water partition coefficient (Wildman–Crippen LogP) is -1.86. The second-order valence-electron chi connectivity index (χ2n) is 8.31. The summed E-state index contributed by atoms with van der Waals surface area (Å²) >= 11 is 0. The van der Waals surface area contributed by atoms with Crippen molar-refractivity contribution in [3.63, 3.8) is 0 Å². The highest BCUT2D eigenvalue weighted by atomic mass is 16.5.